The summed E-state index contributed by atoms with van der Waals surface area (Å²) in [6, 6.07) is 3.74. The average molecular weight is 198 g/mol. The molecule has 12 heavy (non-hydrogen) atoms. The molecule has 0 aliphatic carbocycles. The van der Waals surface area contributed by atoms with Crippen molar-refractivity contribution in [2.45, 2.75) is 4.34 Å². The first kappa shape index (κ1) is 7.82. The minimum absolute atomic E-state index is 0.584. The summed E-state index contributed by atoms with van der Waals surface area (Å²) >= 11 is 5.64. The van der Waals surface area contributed by atoms with Gasteiger partial charge in [-0.2, -0.15) is 4.98 Å². The molecule has 0 radical (unpaired) electrons. The molecule has 5 heteroatoms. The molecule has 0 N–H and O–H groups in total. The first-order valence-electron chi connectivity index (χ1n) is 3.30. The summed E-state index contributed by atoms with van der Waals surface area (Å²) in [6.07, 6.45) is 0. The molecule has 3 nitrogen and oxygen atoms in total. The summed E-state index contributed by atoms with van der Waals surface area (Å²) in [5.74, 6) is 0.584. The highest BCUT2D eigenvalue weighted by atomic mass is 32.2. The average Bonchev–Trinajstić information content (AvgIpc) is 2.43. The molecule has 0 aliphatic heterocycles. The van der Waals surface area contributed by atoms with Gasteiger partial charge in [0.05, 0.1) is 11.8 Å². The van der Waals surface area contributed by atoms with Crippen molar-refractivity contribution in [1.82, 2.24) is 9.97 Å². The molecule has 0 atom stereocenters. The number of rotatable bonds is 1. The van der Waals surface area contributed by atoms with Crippen LogP contribution in [0.15, 0.2) is 16.5 Å². The highest BCUT2D eigenvalue weighted by Crippen LogP contribution is 2.24. The lowest BCUT2D eigenvalue weighted by Crippen LogP contribution is -1.86. The molecule has 2 aromatic rings. The zero-order valence-corrected chi connectivity index (χ0v) is 8.02. The largest absolute Gasteiger partial charge is 0.481 e. The highest BCUT2D eigenvalue weighted by molar-refractivity contribution is 7.82. The van der Waals surface area contributed by atoms with Crippen molar-refractivity contribution < 1.29 is 4.74 Å². The van der Waals surface area contributed by atoms with E-state index < -0.39 is 0 Å². The lowest BCUT2D eigenvalue weighted by molar-refractivity contribution is 0.399. The SMILES string of the molecule is COc1ccc2sc(S)nc2n1. The first-order valence-corrected chi connectivity index (χ1v) is 4.56. The Hall–Kier alpha value is -0.810. The fraction of sp³-hybridized carbons (Fsp3) is 0.143. The van der Waals surface area contributed by atoms with E-state index in [1.165, 1.54) is 11.3 Å². The van der Waals surface area contributed by atoms with Crippen LogP contribution < -0.4 is 4.74 Å². The Morgan fingerprint density at radius 3 is 3.00 bits per heavy atom. The van der Waals surface area contributed by atoms with E-state index in [2.05, 4.69) is 22.6 Å². The minimum atomic E-state index is 0.584. The summed E-state index contributed by atoms with van der Waals surface area (Å²) in [7, 11) is 1.59. The van der Waals surface area contributed by atoms with E-state index >= 15 is 0 Å². The number of fused-ring (bicyclic) bond motifs is 1. The third-order valence-corrected chi connectivity index (χ3v) is 2.61. The van der Waals surface area contributed by atoms with Crippen molar-refractivity contribution in [3.8, 4) is 5.88 Å². The Morgan fingerprint density at radius 1 is 1.42 bits per heavy atom. The van der Waals surface area contributed by atoms with Gasteiger partial charge in [-0.25, -0.2) is 4.98 Å². The molecular formula is C7H6N2OS2. The number of nitrogens with zero attached hydrogens (tertiary/aromatic N) is 2. The molecule has 0 fully saturated rings. The third kappa shape index (κ3) is 1.25. The second kappa shape index (κ2) is 2.91. The summed E-state index contributed by atoms with van der Waals surface area (Å²) in [4.78, 5) is 8.26. The fourth-order valence-electron chi connectivity index (χ4n) is 0.903. The fourth-order valence-corrected chi connectivity index (χ4v) is 1.94. The van der Waals surface area contributed by atoms with Gasteiger partial charge in [0, 0.05) is 6.07 Å². The Morgan fingerprint density at radius 2 is 2.25 bits per heavy atom. The highest BCUT2D eigenvalue weighted by Gasteiger charge is 2.02. The standard InChI is InChI=1S/C7H6N2OS2/c1-10-5-3-2-4-6(8-5)9-7(11)12-4/h2-3H,1H3,(H,8,9,11). The van der Waals surface area contributed by atoms with Gasteiger partial charge in [-0.05, 0) is 6.07 Å². The van der Waals surface area contributed by atoms with Gasteiger partial charge in [0.1, 0.15) is 4.34 Å². The summed E-state index contributed by atoms with van der Waals surface area (Å²) < 4.78 is 6.72. The molecule has 0 unspecified atom stereocenters. The third-order valence-electron chi connectivity index (χ3n) is 1.43. The predicted octanol–water partition coefficient (Wildman–Crippen LogP) is 1.99. The summed E-state index contributed by atoms with van der Waals surface area (Å²) in [5.41, 5.74) is 0.698. The Labute approximate surface area is 78.8 Å². The van der Waals surface area contributed by atoms with Crippen molar-refractivity contribution in [2.24, 2.45) is 0 Å². The van der Waals surface area contributed by atoms with E-state index in [1.807, 2.05) is 12.1 Å². The molecule has 0 saturated heterocycles. The number of methoxy groups -OCH3 is 1. The van der Waals surface area contributed by atoms with E-state index in [0.717, 1.165) is 9.04 Å². The van der Waals surface area contributed by atoms with E-state index in [4.69, 9.17) is 4.74 Å². The zero-order chi connectivity index (χ0) is 8.55. The molecule has 0 spiro atoms. The van der Waals surface area contributed by atoms with Crippen LogP contribution >= 0.6 is 24.0 Å². The van der Waals surface area contributed by atoms with Crippen LogP contribution in [0.3, 0.4) is 0 Å². The summed E-state index contributed by atoms with van der Waals surface area (Å²) in [6.45, 7) is 0. The van der Waals surface area contributed by atoms with Crippen molar-refractivity contribution >= 4 is 34.3 Å². The molecule has 2 aromatic heterocycles. The van der Waals surface area contributed by atoms with Gasteiger partial charge >= 0.3 is 0 Å². The number of hydrogen-bond acceptors (Lipinski definition) is 5. The monoisotopic (exact) mass is 198 g/mol. The van der Waals surface area contributed by atoms with Crippen molar-refractivity contribution in [2.75, 3.05) is 7.11 Å². The van der Waals surface area contributed by atoms with Crippen LogP contribution in [0.25, 0.3) is 10.3 Å². The van der Waals surface area contributed by atoms with Crippen molar-refractivity contribution in [1.29, 1.82) is 0 Å². The second-order valence-electron chi connectivity index (χ2n) is 2.17. The molecule has 0 saturated carbocycles. The van der Waals surface area contributed by atoms with Crippen LogP contribution in [0, 0.1) is 0 Å². The Kier molecular flexibility index (Phi) is 1.90. The maximum atomic E-state index is 4.96. The lowest BCUT2D eigenvalue weighted by Gasteiger charge is -1.94. The Balaban J connectivity index is 2.66. The number of thiol groups is 1. The van der Waals surface area contributed by atoms with Crippen LogP contribution in [-0.4, -0.2) is 17.1 Å². The van der Waals surface area contributed by atoms with Crippen LogP contribution in [-0.2, 0) is 0 Å². The number of pyridine rings is 1. The predicted molar refractivity (Wildman–Crippen MR) is 51.2 cm³/mol. The van der Waals surface area contributed by atoms with Crippen LogP contribution in [0.2, 0.25) is 0 Å². The van der Waals surface area contributed by atoms with E-state index in [-0.39, 0.29) is 0 Å². The summed E-state index contributed by atoms with van der Waals surface area (Å²) in [5, 5.41) is 0. The Bertz CT molecular complexity index is 413. The van der Waals surface area contributed by atoms with E-state index in [9.17, 15) is 0 Å². The lowest BCUT2D eigenvalue weighted by atomic mass is 10.5. The minimum Gasteiger partial charge on any atom is -0.481 e. The molecule has 2 rings (SSSR count). The quantitative estimate of drug-likeness (QED) is 0.712. The molecule has 62 valence electrons. The van der Waals surface area contributed by atoms with Gasteiger partial charge in [0.15, 0.2) is 5.65 Å². The maximum absolute atomic E-state index is 4.96. The molecule has 0 aliphatic rings. The second-order valence-corrected chi connectivity index (χ2v) is 3.93. The van der Waals surface area contributed by atoms with Gasteiger partial charge in [-0.15, -0.1) is 24.0 Å². The van der Waals surface area contributed by atoms with Gasteiger partial charge in [-0.1, -0.05) is 0 Å². The number of ether oxygens (including phenoxy) is 1. The zero-order valence-electron chi connectivity index (χ0n) is 6.31. The van der Waals surface area contributed by atoms with Crippen molar-refractivity contribution in [3.63, 3.8) is 0 Å². The van der Waals surface area contributed by atoms with Crippen LogP contribution in [0.4, 0.5) is 0 Å². The maximum Gasteiger partial charge on any atom is 0.215 e. The first-order chi connectivity index (χ1) is 5.79. The van der Waals surface area contributed by atoms with E-state index in [0.29, 0.717) is 11.5 Å². The molecule has 0 aromatic carbocycles. The van der Waals surface area contributed by atoms with Crippen LogP contribution in [0.5, 0.6) is 5.88 Å². The van der Waals surface area contributed by atoms with Crippen molar-refractivity contribution in [3.05, 3.63) is 12.1 Å². The van der Waals surface area contributed by atoms with Gasteiger partial charge < -0.3 is 4.74 Å². The van der Waals surface area contributed by atoms with Crippen LogP contribution in [0.1, 0.15) is 0 Å². The van der Waals surface area contributed by atoms with Gasteiger partial charge in [0.25, 0.3) is 0 Å². The molecule has 0 bridgehead atoms. The number of hydrogen-bond donors (Lipinski definition) is 1. The number of aromatic nitrogens is 2. The smallest absolute Gasteiger partial charge is 0.215 e. The topological polar surface area (TPSA) is 35.0 Å². The molecular weight excluding hydrogens is 192 g/mol. The van der Waals surface area contributed by atoms with Gasteiger partial charge in [0.2, 0.25) is 5.88 Å². The normalized spacial score (nSPS) is 10.5. The molecule has 2 heterocycles. The van der Waals surface area contributed by atoms with Gasteiger partial charge in [-0.3, -0.25) is 0 Å². The van der Waals surface area contributed by atoms with E-state index in [1.54, 1.807) is 7.11 Å². The molecule has 0 amide bonds. The number of thiazole rings is 1.